The number of thiazole rings is 1. The number of carboxylic acids is 1. The van der Waals surface area contributed by atoms with Crippen LogP contribution >= 0.6 is 11.3 Å². The zero-order chi connectivity index (χ0) is 13.8. The van der Waals surface area contributed by atoms with E-state index in [9.17, 15) is 4.79 Å². The lowest BCUT2D eigenvalue weighted by Crippen LogP contribution is -2.21. The van der Waals surface area contributed by atoms with E-state index in [2.05, 4.69) is 17.2 Å². The second-order valence-electron chi connectivity index (χ2n) is 5.35. The van der Waals surface area contributed by atoms with Crippen LogP contribution in [0.5, 0.6) is 0 Å². The van der Waals surface area contributed by atoms with Crippen molar-refractivity contribution in [1.29, 1.82) is 0 Å². The van der Waals surface area contributed by atoms with Crippen LogP contribution in [0.1, 0.15) is 50.8 Å². The number of hydrogen-bond acceptors (Lipinski definition) is 5. The Bertz CT molecular complexity index is 435. The zero-order valence-corrected chi connectivity index (χ0v) is 11.9. The fourth-order valence-corrected chi connectivity index (χ4v) is 3.25. The Hall–Kier alpha value is -1.14. The van der Waals surface area contributed by atoms with E-state index >= 15 is 0 Å². The molecule has 0 amide bonds. The summed E-state index contributed by atoms with van der Waals surface area (Å²) in [6, 6.07) is -0.578. The van der Waals surface area contributed by atoms with Gasteiger partial charge < -0.3 is 16.2 Å². The predicted octanol–water partition coefficient (Wildman–Crippen LogP) is 2.61. The second-order valence-corrected chi connectivity index (χ2v) is 6.21. The zero-order valence-electron chi connectivity index (χ0n) is 11.1. The molecule has 19 heavy (non-hydrogen) atoms. The smallest absolute Gasteiger partial charge is 0.326 e. The average molecular weight is 283 g/mol. The van der Waals surface area contributed by atoms with Crippen LogP contribution in [0.15, 0.2) is 5.38 Å². The Balaban J connectivity index is 1.94. The van der Waals surface area contributed by atoms with E-state index in [1.165, 1.54) is 30.6 Å². The Kier molecular flexibility index (Phi) is 4.76. The van der Waals surface area contributed by atoms with Gasteiger partial charge in [-0.1, -0.05) is 19.8 Å². The van der Waals surface area contributed by atoms with Gasteiger partial charge in [-0.3, -0.25) is 4.79 Å². The molecule has 1 aromatic rings. The fourth-order valence-electron chi connectivity index (χ4n) is 2.43. The lowest BCUT2D eigenvalue weighted by Gasteiger charge is -2.15. The molecule has 1 saturated carbocycles. The van der Waals surface area contributed by atoms with Crippen molar-refractivity contribution in [2.75, 3.05) is 5.32 Å². The first-order valence-corrected chi connectivity index (χ1v) is 7.64. The number of nitrogens with two attached hydrogens (primary N) is 1. The van der Waals surface area contributed by atoms with Crippen molar-refractivity contribution in [3.8, 4) is 0 Å². The SMILES string of the molecule is CC1CCCC(Nc2nc(C(N)C(=O)O)cs2)CC1. The van der Waals surface area contributed by atoms with Gasteiger partial charge >= 0.3 is 5.97 Å². The van der Waals surface area contributed by atoms with Gasteiger partial charge in [0, 0.05) is 11.4 Å². The number of nitrogens with zero attached hydrogens (tertiary/aromatic N) is 1. The van der Waals surface area contributed by atoms with E-state index in [0.29, 0.717) is 11.7 Å². The minimum atomic E-state index is -1.04. The third-order valence-electron chi connectivity index (χ3n) is 3.69. The highest BCUT2D eigenvalue weighted by Crippen LogP contribution is 2.27. The topological polar surface area (TPSA) is 88.2 Å². The molecule has 1 aliphatic carbocycles. The summed E-state index contributed by atoms with van der Waals surface area (Å²) in [5.74, 6) is -0.237. The van der Waals surface area contributed by atoms with Crippen LogP contribution < -0.4 is 11.1 Å². The minimum absolute atomic E-state index is 0.432. The number of hydrogen-bond donors (Lipinski definition) is 3. The summed E-state index contributed by atoms with van der Waals surface area (Å²) < 4.78 is 0. The maximum absolute atomic E-state index is 10.8. The molecule has 2 rings (SSSR count). The molecule has 0 spiro atoms. The summed E-state index contributed by atoms with van der Waals surface area (Å²) in [7, 11) is 0. The number of carbonyl (C=O) groups is 1. The lowest BCUT2D eigenvalue weighted by molar-refractivity contribution is -0.138. The van der Waals surface area contributed by atoms with Gasteiger partial charge in [0.05, 0.1) is 5.69 Å². The summed E-state index contributed by atoms with van der Waals surface area (Å²) in [4.78, 5) is 15.1. The Labute approximate surface area is 117 Å². The van der Waals surface area contributed by atoms with E-state index in [-0.39, 0.29) is 0 Å². The highest BCUT2D eigenvalue weighted by atomic mass is 32.1. The molecule has 1 aromatic heterocycles. The lowest BCUT2D eigenvalue weighted by atomic mass is 10.0. The molecule has 3 atom stereocenters. The van der Waals surface area contributed by atoms with Crippen molar-refractivity contribution in [2.24, 2.45) is 11.7 Å². The molecule has 0 bridgehead atoms. The molecule has 0 radical (unpaired) electrons. The van der Waals surface area contributed by atoms with Crippen LogP contribution in [0.2, 0.25) is 0 Å². The van der Waals surface area contributed by atoms with Crippen molar-refractivity contribution >= 4 is 22.4 Å². The van der Waals surface area contributed by atoms with Crippen LogP contribution in [0.3, 0.4) is 0 Å². The van der Waals surface area contributed by atoms with Crippen LogP contribution in [0.4, 0.5) is 5.13 Å². The maximum atomic E-state index is 10.8. The van der Waals surface area contributed by atoms with Crippen molar-refractivity contribution in [2.45, 2.75) is 51.1 Å². The molecule has 1 fully saturated rings. The van der Waals surface area contributed by atoms with Crippen molar-refractivity contribution in [3.05, 3.63) is 11.1 Å². The molecule has 0 aliphatic heterocycles. The molecule has 1 aliphatic rings. The molecule has 106 valence electrons. The molecule has 3 unspecified atom stereocenters. The molecule has 1 heterocycles. The summed E-state index contributed by atoms with van der Waals surface area (Å²) in [5.41, 5.74) is 5.98. The summed E-state index contributed by atoms with van der Waals surface area (Å²) >= 11 is 1.43. The van der Waals surface area contributed by atoms with Gasteiger partial charge in [0.2, 0.25) is 0 Å². The number of anilines is 1. The minimum Gasteiger partial charge on any atom is -0.480 e. The number of aliphatic carboxylic acids is 1. The van der Waals surface area contributed by atoms with Gasteiger partial charge in [-0.05, 0) is 25.2 Å². The Morgan fingerprint density at radius 3 is 3.05 bits per heavy atom. The number of aromatic nitrogens is 1. The molecule has 0 saturated heterocycles. The fraction of sp³-hybridized carbons (Fsp3) is 0.692. The van der Waals surface area contributed by atoms with Crippen LogP contribution in [-0.4, -0.2) is 22.1 Å². The van der Waals surface area contributed by atoms with Crippen LogP contribution in [0.25, 0.3) is 0 Å². The maximum Gasteiger partial charge on any atom is 0.326 e. The van der Waals surface area contributed by atoms with Gasteiger partial charge in [0.1, 0.15) is 6.04 Å². The Morgan fingerprint density at radius 1 is 1.53 bits per heavy atom. The van der Waals surface area contributed by atoms with Gasteiger partial charge in [0.25, 0.3) is 0 Å². The monoisotopic (exact) mass is 283 g/mol. The first-order chi connectivity index (χ1) is 9.06. The normalized spacial score (nSPS) is 25.6. The van der Waals surface area contributed by atoms with Crippen molar-refractivity contribution < 1.29 is 9.90 Å². The average Bonchev–Trinajstić information content (AvgIpc) is 2.73. The van der Waals surface area contributed by atoms with E-state index in [0.717, 1.165) is 23.9 Å². The largest absolute Gasteiger partial charge is 0.480 e. The number of nitrogens with one attached hydrogen (secondary N) is 1. The van der Waals surface area contributed by atoms with Crippen LogP contribution in [0, 0.1) is 5.92 Å². The highest BCUT2D eigenvalue weighted by Gasteiger charge is 2.20. The highest BCUT2D eigenvalue weighted by molar-refractivity contribution is 7.13. The number of carboxylic acid groups (broad SMARTS) is 1. The molecular weight excluding hydrogens is 262 g/mol. The van der Waals surface area contributed by atoms with Gasteiger partial charge in [-0.2, -0.15) is 0 Å². The molecule has 6 heteroatoms. The van der Waals surface area contributed by atoms with Crippen molar-refractivity contribution in [1.82, 2.24) is 4.98 Å². The molecule has 5 nitrogen and oxygen atoms in total. The first kappa shape index (κ1) is 14.3. The van der Waals surface area contributed by atoms with Gasteiger partial charge in [-0.15, -0.1) is 11.3 Å². The summed E-state index contributed by atoms with van der Waals surface area (Å²) in [6.45, 7) is 2.30. The van der Waals surface area contributed by atoms with E-state index in [4.69, 9.17) is 10.8 Å². The van der Waals surface area contributed by atoms with Crippen LogP contribution in [-0.2, 0) is 4.79 Å². The quantitative estimate of drug-likeness (QED) is 0.739. The summed E-state index contributed by atoms with van der Waals surface area (Å²) in [5, 5.41) is 14.8. The van der Waals surface area contributed by atoms with E-state index < -0.39 is 12.0 Å². The molecule has 0 aromatic carbocycles. The van der Waals surface area contributed by atoms with Gasteiger partial charge in [0.15, 0.2) is 5.13 Å². The standard InChI is InChI=1S/C13H21N3O2S/c1-8-3-2-4-9(6-5-8)15-13-16-10(7-19-13)11(14)12(17)18/h7-9,11H,2-6,14H2,1H3,(H,15,16)(H,17,18). The van der Waals surface area contributed by atoms with E-state index in [1.54, 1.807) is 5.38 Å². The second kappa shape index (κ2) is 6.34. The van der Waals surface area contributed by atoms with Gasteiger partial charge in [-0.25, -0.2) is 4.98 Å². The third-order valence-corrected chi connectivity index (χ3v) is 4.48. The molecule has 4 N–H and O–H groups in total. The summed E-state index contributed by atoms with van der Waals surface area (Å²) in [6.07, 6.45) is 6.09. The van der Waals surface area contributed by atoms with E-state index in [1.807, 2.05) is 0 Å². The number of rotatable bonds is 4. The predicted molar refractivity (Wildman–Crippen MR) is 76.3 cm³/mol. The molecular formula is C13H21N3O2S. The first-order valence-electron chi connectivity index (χ1n) is 6.76. The Morgan fingerprint density at radius 2 is 2.32 bits per heavy atom. The third kappa shape index (κ3) is 3.91. The van der Waals surface area contributed by atoms with Crippen molar-refractivity contribution in [3.63, 3.8) is 0 Å².